The molecule has 6 nitrogen and oxygen atoms in total. The third kappa shape index (κ3) is 6.49. The lowest BCUT2D eigenvalue weighted by atomic mass is 9.72. The molecule has 5 aromatic rings. The molecule has 224 valence electrons. The number of benzene rings is 3. The molecule has 0 spiro atoms. The molecule has 1 aliphatic rings. The predicted molar refractivity (Wildman–Crippen MR) is 183 cm³/mol. The predicted octanol–water partition coefficient (Wildman–Crippen LogP) is 9.15. The number of nitrogens with one attached hydrogen (secondary N) is 2. The van der Waals surface area contributed by atoms with Crippen molar-refractivity contribution < 1.29 is 9.59 Å². The van der Waals surface area contributed by atoms with Gasteiger partial charge in [-0.15, -0.1) is 11.3 Å². The van der Waals surface area contributed by atoms with Crippen LogP contribution in [0.1, 0.15) is 53.6 Å². The number of carbonyl (C=O) groups excluding carboxylic acids is 2. The van der Waals surface area contributed by atoms with E-state index in [4.69, 9.17) is 16.6 Å². The van der Waals surface area contributed by atoms with Crippen LogP contribution in [0.5, 0.6) is 0 Å². The molecule has 0 aliphatic heterocycles. The number of fused-ring (bicyclic) bond motifs is 2. The Morgan fingerprint density at radius 3 is 2.43 bits per heavy atom. The van der Waals surface area contributed by atoms with Gasteiger partial charge in [-0.05, 0) is 78.6 Å². The fraction of sp³-hybridized carbons (Fsp3) is 0.250. The number of halogens is 1. The fourth-order valence-electron chi connectivity index (χ4n) is 5.88. The third-order valence-corrected chi connectivity index (χ3v) is 9.73. The SMILES string of the molecule is CC(C)(C)[C@H]1CCc2c(sc(N=Cc3cn(CC(=O)Nc4ccccc4)c4ccccc34)c2C(=O)Nc2ccc(Cl)cc2)C1. The fourth-order valence-corrected chi connectivity index (χ4v) is 7.27. The van der Waals surface area contributed by atoms with Gasteiger partial charge in [0.05, 0.1) is 5.56 Å². The monoisotopic (exact) mass is 622 g/mol. The van der Waals surface area contributed by atoms with Crippen molar-refractivity contribution in [1.82, 2.24) is 4.57 Å². The Hall–Kier alpha value is -4.20. The lowest BCUT2D eigenvalue weighted by molar-refractivity contribution is -0.116. The molecule has 1 aliphatic carbocycles. The lowest BCUT2D eigenvalue weighted by Gasteiger charge is -2.33. The molecule has 0 unspecified atom stereocenters. The maximum absolute atomic E-state index is 13.8. The summed E-state index contributed by atoms with van der Waals surface area (Å²) in [6.07, 6.45) is 6.61. The number of amides is 2. The summed E-state index contributed by atoms with van der Waals surface area (Å²) in [5, 5.41) is 8.34. The number of hydrogen-bond acceptors (Lipinski definition) is 4. The maximum Gasteiger partial charge on any atom is 0.259 e. The number of hydrogen-bond donors (Lipinski definition) is 2. The minimum absolute atomic E-state index is 0.110. The van der Waals surface area contributed by atoms with Crippen LogP contribution < -0.4 is 10.6 Å². The van der Waals surface area contributed by atoms with Crippen molar-refractivity contribution in [2.24, 2.45) is 16.3 Å². The average molecular weight is 623 g/mol. The van der Waals surface area contributed by atoms with Crippen molar-refractivity contribution in [3.63, 3.8) is 0 Å². The van der Waals surface area contributed by atoms with Gasteiger partial charge in [0, 0.05) is 50.2 Å². The zero-order chi connectivity index (χ0) is 30.8. The van der Waals surface area contributed by atoms with Gasteiger partial charge in [-0.25, -0.2) is 4.99 Å². The minimum Gasteiger partial charge on any atom is -0.337 e. The molecule has 2 amide bonds. The van der Waals surface area contributed by atoms with Crippen molar-refractivity contribution in [3.05, 3.63) is 112 Å². The minimum atomic E-state index is -0.161. The molecule has 0 bridgehead atoms. The normalized spacial score (nSPS) is 15.0. The molecule has 1 atom stereocenters. The average Bonchev–Trinajstić information content (AvgIpc) is 3.54. The van der Waals surface area contributed by atoms with Gasteiger partial charge in [0.15, 0.2) is 0 Å². The van der Waals surface area contributed by atoms with Crippen LogP contribution in [0.3, 0.4) is 0 Å². The van der Waals surface area contributed by atoms with Crippen LogP contribution in [0.2, 0.25) is 5.02 Å². The first-order valence-corrected chi connectivity index (χ1v) is 16.0. The topological polar surface area (TPSA) is 75.5 Å². The first-order chi connectivity index (χ1) is 21.2. The van der Waals surface area contributed by atoms with Gasteiger partial charge in [0.25, 0.3) is 5.91 Å². The highest BCUT2D eigenvalue weighted by molar-refractivity contribution is 7.16. The van der Waals surface area contributed by atoms with E-state index in [1.807, 2.05) is 71.6 Å². The second-order valence-corrected chi connectivity index (χ2v) is 13.9. The van der Waals surface area contributed by atoms with Crippen LogP contribution in [0, 0.1) is 11.3 Å². The molecular weight excluding hydrogens is 588 g/mol. The summed E-state index contributed by atoms with van der Waals surface area (Å²) in [6, 6.07) is 24.6. The van der Waals surface area contributed by atoms with Crippen LogP contribution in [0.15, 0.2) is 90.1 Å². The second kappa shape index (κ2) is 12.4. The van der Waals surface area contributed by atoms with E-state index in [9.17, 15) is 9.59 Å². The van der Waals surface area contributed by atoms with Crippen LogP contribution in [0.25, 0.3) is 10.9 Å². The summed E-state index contributed by atoms with van der Waals surface area (Å²) in [5.41, 5.74) is 5.21. The molecule has 3 aromatic carbocycles. The maximum atomic E-state index is 13.8. The Balaban J connectivity index is 1.33. The number of aliphatic imine (C=N–C) groups is 1. The Kier molecular flexibility index (Phi) is 8.43. The number of nitrogens with zero attached hydrogens (tertiary/aromatic N) is 2. The van der Waals surface area contributed by atoms with E-state index >= 15 is 0 Å². The van der Waals surface area contributed by atoms with Crippen LogP contribution in [-0.4, -0.2) is 22.6 Å². The van der Waals surface area contributed by atoms with Gasteiger partial charge in [0.1, 0.15) is 11.5 Å². The van der Waals surface area contributed by atoms with Crippen molar-refractivity contribution in [1.29, 1.82) is 0 Å². The quantitative estimate of drug-likeness (QED) is 0.178. The standard InChI is InChI=1S/C36H35ClN4O2S/c1-36(2,3)24-13-18-29-31(19-24)44-35(33(29)34(43)40-27-16-14-25(37)15-17-27)38-20-23-21-41(30-12-8-7-11-28(23)30)22-32(42)39-26-9-5-4-6-10-26/h4-12,14-17,20-21,24H,13,18-19,22H2,1-3H3,(H,39,42)(H,40,43)/t24-/m0/s1. The van der Waals surface area contributed by atoms with Crippen molar-refractivity contribution in [3.8, 4) is 0 Å². The number of anilines is 2. The van der Waals surface area contributed by atoms with Crippen LogP contribution in [-0.2, 0) is 24.2 Å². The molecule has 0 saturated heterocycles. The van der Waals surface area contributed by atoms with E-state index in [0.29, 0.717) is 27.2 Å². The Labute approximate surface area is 266 Å². The Morgan fingerprint density at radius 2 is 1.68 bits per heavy atom. The smallest absolute Gasteiger partial charge is 0.259 e. The van der Waals surface area contributed by atoms with Gasteiger partial charge in [-0.2, -0.15) is 0 Å². The van der Waals surface area contributed by atoms with E-state index in [2.05, 4.69) is 31.4 Å². The molecular formula is C36H35ClN4O2S. The van der Waals surface area contributed by atoms with Crippen molar-refractivity contribution >= 4 is 68.2 Å². The van der Waals surface area contributed by atoms with Crippen molar-refractivity contribution in [2.75, 3.05) is 10.6 Å². The zero-order valence-corrected chi connectivity index (χ0v) is 26.6. The molecule has 0 saturated carbocycles. The van der Waals surface area contributed by atoms with Gasteiger partial charge in [-0.1, -0.05) is 68.8 Å². The first-order valence-electron chi connectivity index (χ1n) is 14.8. The highest BCUT2D eigenvalue weighted by Crippen LogP contribution is 2.45. The number of para-hydroxylation sites is 2. The zero-order valence-electron chi connectivity index (χ0n) is 25.1. The summed E-state index contributed by atoms with van der Waals surface area (Å²) in [6.45, 7) is 7.04. The summed E-state index contributed by atoms with van der Waals surface area (Å²) in [5.74, 6) is 0.268. The van der Waals surface area contributed by atoms with E-state index in [-0.39, 0.29) is 23.8 Å². The summed E-state index contributed by atoms with van der Waals surface area (Å²) < 4.78 is 1.94. The van der Waals surface area contributed by atoms with Gasteiger partial charge < -0.3 is 15.2 Å². The molecule has 2 heterocycles. The number of aromatic nitrogens is 1. The van der Waals surface area contributed by atoms with Crippen molar-refractivity contribution in [2.45, 2.75) is 46.6 Å². The van der Waals surface area contributed by atoms with Gasteiger partial charge in [-0.3, -0.25) is 9.59 Å². The van der Waals surface area contributed by atoms with E-state index in [1.54, 1.807) is 35.6 Å². The molecule has 0 radical (unpaired) electrons. The lowest BCUT2D eigenvalue weighted by Crippen LogP contribution is -2.27. The molecule has 2 aromatic heterocycles. The highest BCUT2D eigenvalue weighted by Gasteiger charge is 2.33. The van der Waals surface area contributed by atoms with E-state index in [0.717, 1.165) is 47.0 Å². The number of carbonyl (C=O) groups is 2. The Bertz CT molecular complexity index is 1850. The molecule has 8 heteroatoms. The second-order valence-electron chi connectivity index (χ2n) is 12.4. The first kappa shape index (κ1) is 29.9. The van der Waals surface area contributed by atoms with Crippen LogP contribution >= 0.6 is 22.9 Å². The van der Waals surface area contributed by atoms with Gasteiger partial charge in [0.2, 0.25) is 5.91 Å². The number of thiophene rings is 1. The molecule has 6 rings (SSSR count). The Morgan fingerprint density at radius 1 is 0.977 bits per heavy atom. The molecule has 2 N–H and O–H groups in total. The third-order valence-electron chi connectivity index (χ3n) is 8.31. The van der Waals surface area contributed by atoms with Crippen LogP contribution in [0.4, 0.5) is 16.4 Å². The number of rotatable bonds is 7. The summed E-state index contributed by atoms with van der Waals surface area (Å²) >= 11 is 7.69. The summed E-state index contributed by atoms with van der Waals surface area (Å²) in [4.78, 5) is 32.9. The largest absolute Gasteiger partial charge is 0.337 e. The molecule has 0 fully saturated rings. The molecule has 44 heavy (non-hydrogen) atoms. The van der Waals surface area contributed by atoms with E-state index in [1.165, 1.54) is 4.88 Å². The van der Waals surface area contributed by atoms with E-state index < -0.39 is 0 Å². The van der Waals surface area contributed by atoms with Gasteiger partial charge >= 0.3 is 0 Å². The highest BCUT2D eigenvalue weighted by atomic mass is 35.5. The summed E-state index contributed by atoms with van der Waals surface area (Å²) in [7, 11) is 0.